The van der Waals surface area contributed by atoms with Crippen LogP contribution in [0.3, 0.4) is 0 Å². The summed E-state index contributed by atoms with van der Waals surface area (Å²) in [6.07, 6.45) is 1.04. The van der Waals surface area contributed by atoms with E-state index in [2.05, 4.69) is 24.1 Å². The molecule has 4 nitrogen and oxygen atoms in total. The molecule has 1 aromatic carbocycles. The van der Waals surface area contributed by atoms with Crippen LogP contribution in [0, 0.1) is 5.82 Å². The van der Waals surface area contributed by atoms with Crippen molar-refractivity contribution >= 4 is 11.6 Å². The Morgan fingerprint density at radius 3 is 2.84 bits per heavy atom. The summed E-state index contributed by atoms with van der Waals surface area (Å²) in [5.74, 6) is -1.32. The first kappa shape index (κ1) is 13.8. The maximum Gasteiger partial charge on any atom is 0.251 e. The van der Waals surface area contributed by atoms with Crippen LogP contribution in [0.5, 0.6) is 0 Å². The third-order valence-electron chi connectivity index (χ3n) is 3.55. The summed E-state index contributed by atoms with van der Waals surface area (Å²) in [5.41, 5.74) is 5.81. The number of amides is 1. The van der Waals surface area contributed by atoms with Crippen LogP contribution < -0.4 is 11.1 Å². The molecule has 0 saturated carbocycles. The fraction of sp³-hybridized carbons (Fsp3) is 0.500. The largest absolute Gasteiger partial charge is 0.381 e. The second-order valence-corrected chi connectivity index (χ2v) is 5.28. The number of benzene rings is 1. The lowest BCUT2D eigenvalue weighted by Gasteiger charge is -2.21. The lowest BCUT2D eigenvalue weighted by molar-refractivity contribution is 0.0996. The minimum absolute atomic E-state index is 0.0660. The monoisotopic (exact) mass is 265 g/mol. The summed E-state index contributed by atoms with van der Waals surface area (Å²) in [6.45, 7) is 6.36. The predicted molar refractivity (Wildman–Crippen MR) is 73.7 cm³/mol. The first-order chi connectivity index (χ1) is 8.97. The van der Waals surface area contributed by atoms with E-state index < -0.39 is 11.7 Å². The molecule has 3 N–H and O–H groups in total. The number of nitrogens with one attached hydrogen (secondary N) is 1. The van der Waals surface area contributed by atoms with Crippen molar-refractivity contribution in [1.82, 2.24) is 4.90 Å². The maximum absolute atomic E-state index is 13.4. The van der Waals surface area contributed by atoms with Crippen molar-refractivity contribution in [2.75, 3.05) is 18.4 Å². The summed E-state index contributed by atoms with van der Waals surface area (Å²) in [5, 5.41) is 3.33. The fourth-order valence-corrected chi connectivity index (χ4v) is 2.41. The quantitative estimate of drug-likeness (QED) is 0.873. The fourth-order valence-electron chi connectivity index (χ4n) is 2.41. The van der Waals surface area contributed by atoms with Gasteiger partial charge >= 0.3 is 0 Å². The van der Waals surface area contributed by atoms with Crippen LogP contribution in [-0.2, 0) is 0 Å². The molecule has 0 bridgehead atoms. The van der Waals surface area contributed by atoms with Crippen LogP contribution in [0.25, 0.3) is 0 Å². The van der Waals surface area contributed by atoms with Gasteiger partial charge in [0.15, 0.2) is 0 Å². The molecule has 1 atom stereocenters. The van der Waals surface area contributed by atoms with Crippen LogP contribution in [0.2, 0.25) is 0 Å². The molecule has 19 heavy (non-hydrogen) atoms. The molecule has 0 spiro atoms. The highest BCUT2D eigenvalue weighted by Gasteiger charge is 2.24. The van der Waals surface area contributed by atoms with E-state index in [1.54, 1.807) is 6.07 Å². The van der Waals surface area contributed by atoms with Crippen LogP contribution >= 0.6 is 0 Å². The van der Waals surface area contributed by atoms with Gasteiger partial charge in [-0.15, -0.1) is 0 Å². The zero-order valence-corrected chi connectivity index (χ0v) is 11.3. The van der Waals surface area contributed by atoms with E-state index in [0.29, 0.717) is 12.1 Å². The minimum Gasteiger partial charge on any atom is -0.381 e. The van der Waals surface area contributed by atoms with Gasteiger partial charge in [0, 0.05) is 30.9 Å². The Balaban J connectivity index is 2.04. The average molecular weight is 265 g/mol. The van der Waals surface area contributed by atoms with E-state index in [0.717, 1.165) is 25.2 Å². The molecule has 1 aromatic rings. The van der Waals surface area contributed by atoms with Crippen molar-refractivity contribution in [2.45, 2.75) is 32.4 Å². The average Bonchev–Trinajstić information content (AvgIpc) is 2.80. The Labute approximate surface area is 112 Å². The van der Waals surface area contributed by atoms with Gasteiger partial charge < -0.3 is 11.1 Å². The second-order valence-electron chi connectivity index (χ2n) is 5.28. The van der Waals surface area contributed by atoms with E-state index in [9.17, 15) is 9.18 Å². The van der Waals surface area contributed by atoms with Gasteiger partial charge in [0.2, 0.25) is 0 Å². The Kier molecular flexibility index (Phi) is 4.04. The van der Waals surface area contributed by atoms with Gasteiger partial charge in [0.05, 0.1) is 5.56 Å². The van der Waals surface area contributed by atoms with E-state index in [-0.39, 0.29) is 5.56 Å². The second kappa shape index (κ2) is 5.57. The molecule has 1 unspecified atom stereocenters. The minimum atomic E-state index is -0.739. The number of rotatable bonds is 4. The van der Waals surface area contributed by atoms with Crippen LogP contribution in [0.15, 0.2) is 18.2 Å². The van der Waals surface area contributed by atoms with Gasteiger partial charge in [0.25, 0.3) is 5.91 Å². The van der Waals surface area contributed by atoms with Crippen molar-refractivity contribution in [1.29, 1.82) is 0 Å². The topological polar surface area (TPSA) is 58.4 Å². The number of nitrogens with two attached hydrogens (primary N) is 1. The van der Waals surface area contributed by atoms with Gasteiger partial charge in [-0.05, 0) is 38.5 Å². The van der Waals surface area contributed by atoms with Gasteiger partial charge in [-0.2, -0.15) is 0 Å². The number of primary amides is 1. The molecule has 0 aromatic heterocycles. The van der Waals surface area contributed by atoms with Gasteiger partial charge in [-0.25, -0.2) is 4.39 Å². The lowest BCUT2D eigenvalue weighted by Crippen LogP contribution is -2.31. The third kappa shape index (κ3) is 3.23. The molecule has 5 heteroatoms. The van der Waals surface area contributed by atoms with E-state index in [1.165, 1.54) is 12.1 Å². The van der Waals surface area contributed by atoms with Crippen molar-refractivity contribution in [2.24, 2.45) is 5.73 Å². The van der Waals surface area contributed by atoms with E-state index in [4.69, 9.17) is 5.73 Å². The zero-order valence-electron chi connectivity index (χ0n) is 11.3. The molecule has 1 saturated heterocycles. The standard InChI is InChI=1S/C14H20FN3O/c1-9(2)18-6-5-11(8-18)17-10-3-4-13(15)12(7-10)14(16)19/h3-4,7,9,11,17H,5-6,8H2,1-2H3,(H2,16,19). The molecule has 104 valence electrons. The van der Waals surface area contributed by atoms with Gasteiger partial charge in [-0.1, -0.05) is 0 Å². The Morgan fingerprint density at radius 1 is 1.53 bits per heavy atom. The highest BCUT2D eigenvalue weighted by molar-refractivity contribution is 5.94. The Hall–Kier alpha value is -1.62. The van der Waals surface area contributed by atoms with E-state index >= 15 is 0 Å². The molecule has 1 fully saturated rings. The summed E-state index contributed by atoms with van der Waals surface area (Å²) in [7, 11) is 0. The molecular weight excluding hydrogens is 245 g/mol. The maximum atomic E-state index is 13.4. The van der Waals surface area contributed by atoms with Crippen molar-refractivity contribution in [3.8, 4) is 0 Å². The molecule has 0 radical (unpaired) electrons. The smallest absolute Gasteiger partial charge is 0.251 e. The SMILES string of the molecule is CC(C)N1CCC(Nc2ccc(F)c(C(N)=O)c2)C1. The first-order valence-electron chi connectivity index (χ1n) is 6.57. The molecule has 2 rings (SSSR count). The molecule has 0 aliphatic carbocycles. The van der Waals surface area contributed by atoms with Crippen LogP contribution in [0.1, 0.15) is 30.6 Å². The van der Waals surface area contributed by atoms with Gasteiger partial charge in [0.1, 0.15) is 5.82 Å². The summed E-state index contributed by atoms with van der Waals surface area (Å²) >= 11 is 0. The first-order valence-corrected chi connectivity index (χ1v) is 6.57. The number of carbonyl (C=O) groups excluding carboxylic acids is 1. The Morgan fingerprint density at radius 2 is 2.26 bits per heavy atom. The van der Waals surface area contributed by atoms with Crippen molar-refractivity contribution in [3.05, 3.63) is 29.6 Å². The normalized spacial score (nSPS) is 19.9. The Bertz CT molecular complexity index is 476. The van der Waals surface area contributed by atoms with Crippen LogP contribution in [-0.4, -0.2) is 36.0 Å². The number of anilines is 1. The van der Waals surface area contributed by atoms with Crippen LogP contribution in [0.4, 0.5) is 10.1 Å². The van der Waals surface area contributed by atoms with Gasteiger partial charge in [-0.3, -0.25) is 9.69 Å². The molecular formula is C14H20FN3O. The van der Waals surface area contributed by atoms with Crippen molar-refractivity contribution < 1.29 is 9.18 Å². The summed E-state index contributed by atoms with van der Waals surface area (Å²) in [4.78, 5) is 13.5. The highest BCUT2D eigenvalue weighted by atomic mass is 19.1. The highest BCUT2D eigenvalue weighted by Crippen LogP contribution is 2.20. The number of halogens is 1. The predicted octanol–water partition coefficient (Wildman–Crippen LogP) is 1.82. The molecule has 1 aliphatic heterocycles. The molecule has 1 aliphatic rings. The molecule has 1 heterocycles. The number of hydrogen-bond acceptors (Lipinski definition) is 3. The third-order valence-corrected chi connectivity index (χ3v) is 3.55. The summed E-state index contributed by atoms with van der Waals surface area (Å²) in [6, 6.07) is 5.25. The molecule has 1 amide bonds. The lowest BCUT2D eigenvalue weighted by atomic mass is 10.1. The number of likely N-dealkylation sites (tertiary alicyclic amines) is 1. The summed E-state index contributed by atoms with van der Waals surface area (Å²) < 4.78 is 13.4. The number of nitrogens with zero attached hydrogens (tertiary/aromatic N) is 1. The number of carbonyl (C=O) groups is 1. The zero-order chi connectivity index (χ0) is 14.0. The van der Waals surface area contributed by atoms with E-state index in [1.807, 2.05) is 0 Å². The number of hydrogen-bond donors (Lipinski definition) is 2. The van der Waals surface area contributed by atoms with Crippen molar-refractivity contribution in [3.63, 3.8) is 0 Å².